The van der Waals surface area contributed by atoms with Gasteiger partial charge in [0.05, 0.1) is 26.4 Å². The van der Waals surface area contributed by atoms with Crippen molar-refractivity contribution in [3.05, 3.63) is 24.3 Å². The minimum Gasteiger partial charge on any atom is -0.457 e. The standard InChI is InChI=1S/C43H78O14/c1-3-5-7-9-11-12-13-14-15-16-17-18-19-20-21-23-25-27-52-29-32(55-35(45)26-24-22-10-8-6-4-2)30-53-42-41(51)39(49)37(47)34(57-42)31-54-43-40(50)38(48)36(46)33(28-44)56-43/h12-13,15-16,32-34,36-44,46-51H,3-11,14,17-31H2,1-2H3/b13-12-,16-15-. The van der Waals surface area contributed by atoms with Crippen molar-refractivity contribution >= 4 is 5.97 Å². The van der Waals surface area contributed by atoms with Crippen molar-refractivity contribution in [3.63, 3.8) is 0 Å². The molecule has 14 nitrogen and oxygen atoms in total. The SMILES string of the molecule is CCCCCC/C=C\C/C=C\CCCCCCCCOCC(COC1OC(COC2OC(CO)C(O)C(O)C2O)C(O)C(O)C1O)OC(=O)CCCCCCCC. The van der Waals surface area contributed by atoms with Gasteiger partial charge in [0.25, 0.3) is 0 Å². The molecule has 11 atom stereocenters. The molecule has 0 aromatic rings. The maximum absolute atomic E-state index is 12.8. The van der Waals surface area contributed by atoms with Crippen LogP contribution >= 0.6 is 0 Å². The number of carbonyl (C=O) groups is 1. The van der Waals surface area contributed by atoms with Gasteiger partial charge >= 0.3 is 5.97 Å². The summed E-state index contributed by atoms with van der Waals surface area (Å²) in [6, 6.07) is 0. The van der Waals surface area contributed by atoms with Crippen LogP contribution in [0.15, 0.2) is 24.3 Å². The lowest BCUT2D eigenvalue weighted by Crippen LogP contribution is -2.61. The molecule has 57 heavy (non-hydrogen) atoms. The fourth-order valence-corrected chi connectivity index (χ4v) is 6.78. The van der Waals surface area contributed by atoms with E-state index in [0.717, 1.165) is 70.6 Å². The summed E-state index contributed by atoms with van der Waals surface area (Å²) in [6.07, 6.45) is 14.3. The van der Waals surface area contributed by atoms with Gasteiger partial charge in [-0.2, -0.15) is 0 Å². The van der Waals surface area contributed by atoms with Crippen LogP contribution in [0.3, 0.4) is 0 Å². The van der Waals surface area contributed by atoms with Gasteiger partial charge in [-0.1, -0.05) is 115 Å². The van der Waals surface area contributed by atoms with E-state index in [4.69, 9.17) is 28.4 Å². The molecule has 2 rings (SSSR count). The first-order valence-electron chi connectivity index (χ1n) is 21.9. The van der Waals surface area contributed by atoms with Gasteiger partial charge < -0.3 is 64.2 Å². The Bertz CT molecular complexity index is 1040. The molecular formula is C43H78O14. The van der Waals surface area contributed by atoms with E-state index < -0.39 is 86.7 Å². The maximum Gasteiger partial charge on any atom is 0.306 e. The second-order valence-electron chi connectivity index (χ2n) is 15.5. The van der Waals surface area contributed by atoms with Crippen molar-refractivity contribution in [2.24, 2.45) is 0 Å². The van der Waals surface area contributed by atoms with E-state index in [1.807, 2.05) is 0 Å². The fraction of sp³-hybridized carbons (Fsp3) is 0.884. The average molecular weight is 819 g/mol. The van der Waals surface area contributed by atoms with Crippen LogP contribution in [0, 0.1) is 0 Å². The highest BCUT2D eigenvalue weighted by Gasteiger charge is 2.47. The lowest BCUT2D eigenvalue weighted by atomic mass is 9.98. The van der Waals surface area contributed by atoms with Crippen LogP contribution in [0.4, 0.5) is 0 Å². The van der Waals surface area contributed by atoms with Gasteiger partial charge in [-0.25, -0.2) is 0 Å². The highest BCUT2D eigenvalue weighted by Crippen LogP contribution is 2.26. The normalized spacial score (nSPS) is 28.7. The summed E-state index contributed by atoms with van der Waals surface area (Å²) in [5.74, 6) is -0.391. The third-order valence-corrected chi connectivity index (χ3v) is 10.5. The zero-order chi connectivity index (χ0) is 41.7. The van der Waals surface area contributed by atoms with Crippen LogP contribution in [0.1, 0.15) is 142 Å². The van der Waals surface area contributed by atoms with Gasteiger partial charge in [-0.05, 0) is 44.9 Å². The fourth-order valence-electron chi connectivity index (χ4n) is 6.78. The van der Waals surface area contributed by atoms with E-state index >= 15 is 0 Å². The highest BCUT2D eigenvalue weighted by atomic mass is 16.7. The highest BCUT2D eigenvalue weighted by molar-refractivity contribution is 5.69. The van der Waals surface area contributed by atoms with Gasteiger partial charge in [0, 0.05) is 13.0 Å². The van der Waals surface area contributed by atoms with Crippen molar-refractivity contribution in [2.75, 3.05) is 33.0 Å². The molecule has 0 amide bonds. The molecule has 2 aliphatic heterocycles. The lowest BCUT2D eigenvalue weighted by Gasteiger charge is -2.42. The summed E-state index contributed by atoms with van der Waals surface area (Å²) in [5, 5.41) is 71.6. The van der Waals surface area contributed by atoms with Crippen LogP contribution in [0.5, 0.6) is 0 Å². The number of aliphatic hydroxyl groups is 7. The first-order valence-corrected chi connectivity index (χ1v) is 21.9. The number of rotatable bonds is 33. The summed E-state index contributed by atoms with van der Waals surface area (Å²) < 4.78 is 34.0. The zero-order valence-electron chi connectivity index (χ0n) is 34.8. The average Bonchev–Trinajstić information content (AvgIpc) is 3.21. The molecule has 0 aromatic heterocycles. The number of hydrogen-bond donors (Lipinski definition) is 7. The minimum atomic E-state index is -1.70. The number of unbranched alkanes of at least 4 members (excludes halogenated alkanes) is 15. The molecule has 2 fully saturated rings. The Labute approximate surface area is 341 Å². The molecule has 0 radical (unpaired) electrons. The monoisotopic (exact) mass is 819 g/mol. The van der Waals surface area contributed by atoms with Crippen LogP contribution in [0.2, 0.25) is 0 Å². The van der Waals surface area contributed by atoms with Crippen LogP contribution in [-0.2, 0) is 33.2 Å². The number of esters is 1. The van der Waals surface area contributed by atoms with Crippen molar-refractivity contribution in [1.29, 1.82) is 0 Å². The summed E-state index contributed by atoms with van der Waals surface area (Å²) >= 11 is 0. The largest absolute Gasteiger partial charge is 0.457 e. The number of carbonyl (C=O) groups excluding carboxylic acids is 1. The topological polar surface area (TPSA) is 214 Å². The smallest absolute Gasteiger partial charge is 0.306 e. The molecule has 2 saturated heterocycles. The van der Waals surface area contributed by atoms with Crippen molar-refractivity contribution in [1.82, 2.24) is 0 Å². The Hall–Kier alpha value is -1.53. The third kappa shape index (κ3) is 21.5. The molecule has 2 aliphatic rings. The third-order valence-electron chi connectivity index (χ3n) is 10.5. The molecule has 11 unspecified atom stereocenters. The van der Waals surface area contributed by atoms with Gasteiger partial charge in [0.2, 0.25) is 0 Å². The molecular weight excluding hydrogens is 740 g/mol. The van der Waals surface area contributed by atoms with E-state index in [0.29, 0.717) is 13.0 Å². The Morgan fingerprint density at radius 1 is 0.579 bits per heavy atom. The molecule has 0 bridgehead atoms. The van der Waals surface area contributed by atoms with Crippen LogP contribution in [-0.4, -0.2) is 142 Å². The molecule has 2 heterocycles. The number of hydrogen-bond acceptors (Lipinski definition) is 14. The van der Waals surface area contributed by atoms with Gasteiger partial charge in [-0.15, -0.1) is 0 Å². The Kier molecular flexibility index (Phi) is 29.2. The Morgan fingerprint density at radius 3 is 1.70 bits per heavy atom. The molecule has 14 heteroatoms. The number of ether oxygens (including phenoxy) is 6. The van der Waals surface area contributed by atoms with E-state index in [-0.39, 0.29) is 19.6 Å². The first kappa shape index (κ1) is 51.6. The summed E-state index contributed by atoms with van der Waals surface area (Å²) in [7, 11) is 0. The van der Waals surface area contributed by atoms with Crippen molar-refractivity contribution in [2.45, 2.75) is 210 Å². The van der Waals surface area contributed by atoms with E-state index in [1.54, 1.807) is 0 Å². The predicted octanol–water partition coefficient (Wildman–Crippen LogP) is 4.51. The van der Waals surface area contributed by atoms with E-state index in [1.165, 1.54) is 44.9 Å². The van der Waals surface area contributed by atoms with E-state index in [9.17, 15) is 40.5 Å². The second-order valence-corrected chi connectivity index (χ2v) is 15.5. The van der Waals surface area contributed by atoms with Crippen LogP contribution < -0.4 is 0 Å². The van der Waals surface area contributed by atoms with E-state index in [2.05, 4.69) is 38.2 Å². The quantitative estimate of drug-likeness (QED) is 0.0276. The summed E-state index contributed by atoms with van der Waals surface area (Å²) in [5.41, 5.74) is 0. The van der Waals surface area contributed by atoms with Crippen LogP contribution in [0.25, 0.3) is 0 Å². The zero-order valence-corrected chi connectivity index (χ0v) is 34.8. The predicted molar refractivity (Wildman–Crippen MR) is 215 cm³/mol. The number of aliphatic hydroxyl groups excluding tert-OH is 7. The number of allylic oxidation sites excluding steroid dienone is 4. The van der Waals surface area contributed by atoms with Crippen molar-refractivity contribution < 1.29 is 69.0 Å². The Balaban J connectivity index is 1.77. The first-order chi connectivity index (χ1) is 27.6. The second kappa shape index (κ2) is 32.3. The lowest BCUT2D eigenvalue weighted by molar-refractivity contribution is -0.332. The summed E-state index contributed by atoms with van der Waals surface area (Å²) in [4.78, 5) is 12.8. The maximum atomic E-state index is 12.8. The molecule has 0 spiro atoms. The molecule has 0 aliphatic carbocycles. The molecule has 0 saturated carbocycles. The van der Waals surface area contributed by atoms with Crippen molar-refractivity contribution in [3.8, 4) is 0 Å². The molecule has 7 N–H and O–H groups in total. The molecule has 0 aromatic carbocycles. The Morgan fingerprint density at radius 2 is 1.09 bits per heavy atom. The van der Waals surface area contributed by atoms with Gasteiger partial charge in [-0.3, -0.25) is 4.79 Å². The minimum absolute atomic E-state index is 0.0558. The van der Waals surface area contributed by atoms with Gasteiger partial charge in [0.15, 0.2) is 12.6 Å². The molecule has 334 valence electrons. The summed E-state index contributed by atoms with van der Waals surface area (Å²) in [6.45, 7) is 3.55. The van der Waals surface area contributed by atoms with Gasteiger partial charge in [0.1, 0.15) is 54.9 Å².